The molecule has 0 bridgehead atoms. The fraction of sp³-hybridized carbons (Fsp3) is 0.533. The quantitative estimate of drug-likeness (QED) is 0.836. The van der Waals surface area contributed by atoms with E-state index in [1.807, 2.05) is 18.2 Å². The molecule has 0 aliphatic rings. The van der Waals surface area contributed by atoms with Gasteiger partial charge in [-0.1, -0.05) is 52.3 Å². The summed E-state index contributed by atoms with van der Waals surface area (Å²) < 4.78 is 0. The number of carbonyl (C=O) groups excluding carboxylic acids is 1. The molecule has 0 heterocycles. The van der Waals surface area contributed by atoms with E-state index in [1.165, 1.54) is 5.56 Å². The van der Waals surface area contributed by atoms with E-state index in [1.54, 1.807) is 0 Å². The highest BCUT2D eigenvalue weighted by molar-refractivity contribution is 5.90. The normalized spacial score (nSPS) is 11.1. The number of hydrogen-bond donors (Lipinski definition) is 2. The molecule has 0 atom stereocenters. The van der Waals surface area contributed by atoms with Gasteiger partial charge in [0.05, 0.1) is 0 Å². The Morgan fingerprint density at radius 2 is 1.89 bits per heavy atom. The van der Waals surface area contributed by atoms with Gasteiger partial charge in [0.15, 0.2) is 0 Å². The summed E-state index contributed by atoms with van der Waals surface area (Å²) in [6.45, 7) is 9.08. The predicted octanol–water partition coefficient (Wildman–Crippen LogP) is 3.81. The summed E-state index contributed by atoms with van der Waals surface area (Å²) in [5.74, 6) is 0. The lowest BCUT2D eigenvalue weighted by Gasteiger charge is -2.19. The molecule has 2 amide bonds. The molecule has 1 rings (SSSR count). The van der Waals surface area contributed by atoms with Gasteiger partial charge in [0.25, 0.3) is 0 Å². The van der Waals surface area contributed by atoms with Crippen LogP contribution in [0.25, 0.3) is 0 Å². The van der Waals surface area contributed by atoms with Crippen LogP contribution >= 0.6 is 0 Å². The minimum atomic E-state index is -0.131. The third-order valence-electron chi connectivity index (χ3n) is 2.56. The fourth-order valence-electron chi connectivity index (χ4n) is 1.64. The molecule has 0 aromatic heterocycles. The Labute approximate surface area is 110 Å². The zero-order chi connectivity index (χ0) is 13.6. The van der Waals surface area contributed by atoms with Crippen LogP contribution in [-0.2, 0) is 6.42 Å². The zero-order valence-electron chi connectivity index (χ0n) is 11.8. The minimum absolute atomic E-state index is 0.0975. The summed E-state index contributed by atoms with van der Waals surface area (Å²) in [5, 5.41) is 5.81. The average molecular weight is 248 g/mol. The monoisotopic (exact) mass is 248 g/mol. The number of nitrogens with one attached hydrogen (secondary N) is 2. The van der Waals surface area contributed by atoms with Crippen LogP contribution in [0.5, 0.6) is 0 Å². The molecule has 3 heteroatoms. The Bertz CT molecular complexity index is 394. The van der Waals surface area contributed by atoms with E-state index >= 15 is 0 Å². The molecule has 2 N–H and O–H groups in total. The van der Waals surface area contributed by atoms with Gasteiger partial charge >= 0.3 is 6.03 Å². The Hall–Kier alpha value is -1.51. The standard InChI is InChI=1S/C15H24N2O/c1-5-8-12-9-6-7-10-13(12)17-14(18)16-11-15(2,3)4/h6-7,9-10H,5,8,11H2,1-4H3,(H2,16,17,18). The fourth-order valence-corrected chi connectivity index (χ4v) is 1.64. The van der Waals surface area contributed by atoms with E-state index in [2.05, 4.69) is 44.4 Å². The predicted molar refractivity (Wildman–Crippen MR) is 76.9 cm³/mol. The lowest BCUT2D eigenvalue weighted by atomic mass is 9.97. The number of anilines is 1. The van der Waals surface area contributed by atoms with Crippen molar-refractivity contribution in [3.05, 3.63) is 29.8 Å². The maximum atomic E-state index is 11.8. The van der Waals surface area contributed by atoms with Crippen molar-refractivity contribution in [2.75, 3.05) is 11.9 Å². The molecule has 100 valence electrons. The molecule has 0 fully saturated rings. The molecule has 0 unspecified atom stereocenters. The van der Waals surface area contributed by atoms with Gasteiger partial charge in [-0.25, -0.2) is 4.79 Å². The molecule has 0 radical (unpaired) electrons. The molecule has 3 nitrogen and oxygen atoms in total. The van der Waals surface area contributed by atoms with Crippen molar-refractivity contribution in [1.82, 2.24) is 5.32 Å². The zero-order valence-corrected chi connectivity index (χ0v) is 11.8. The number of amides is 2. The van der Waals surface area contributed by atoms with Crippen molar-refractivity contribution in [2.24, 2.45) is 5.41 Å². The molecule has 1 aromatic rings. The number of hydrogen-bond acceptors (Lipinski definition) is 1. The summed E-state index contributed by atoms with van der Waals surface area (Å²) in [4.78, 5) is 11.8. The summed E-state index contributed by atoms with van der Waals surface area (Å²) in [6, 6.07) is 7.82. The minimum Gasteiger partial charge on any atom is -0.337 e. The van der Waals surface area contributed by atoms with E-state index in [4.69, 9.17) is 0 Å². The molecule has 0 saturated carbocycles. The number of para-hydroxylation sites is 1. The number of aryl methyl sites for hydroxylation is 1. The van der Waals surface area contributed by atoms with Crippen LogP contribution in [0.4, 0.5) is 10.5 Å². The molecule has 0 aliphatic carbocycles. The average Bonchev–Trinajstić information content (AvgIpc) is 2.29. The van der Waals surface area contributed by atoms with E-state index in [-0.39, 0.29) is 11.4 Å². The highest BCUT2D eigenvalue weighted by atomic mass is 16.2. The van der Waals surface area contributed by atoms with E-state index in [0.29, 0.717) is 6.54 Å². The van der Waals surface area contributed by atoms with Crippen LogP contribution in [0, 0.1) is 5.41 Å². The van der Waals surface area contributed by atoms with Crippen LogP contribution in [0.15, 0.2) is 24.3 Å². The van der Waals surface area contributed by atoms with Crippen LogP contribution in [0.1, 0.15) is 39.7 Å². The molecule has 18 heavy (non-hydrogen) atoms. The first kappa shape index (κ1) is 14.6. The SMILES string of the molecule is CCCc1ccccc1NC(=O)NCC(C)(C)C. The summed E-state index contributed by atoms with van der Waals surface area (Å²) in [5.41, 5.74) is 2.19. The summed E-state index contributed by atoms with van der Waals surface area (Å²) in [7, 11) is 0. The van der Waals surface area contributed by atoms with E-state index in [9.17, 15) is 4.79 Å². The Kier molecular flexibility index (Phi) is 5.20. The van der Waals surface area contributed by atoms with Gasteiger partial charge in [-0.3, -0.25) is 0 Å². The van der Waals surface area contributed by atoms with Crippen LogP contribution < -0.4 is 10.6 Å². The molecular weight excluding hydrogens is 224 g/mol. The van der Waals surface area contributed by atoms with Crippen molar-refractivity contribution < 1.29 is 4.79 Å². The van der Waals surface area contributed by atoms with Crippen molar-refractivity contribution in [3.8, 4) is 0 Å². The Morgan fingerprint density at radius 1 is 1.22 bits per heavy atom. The number of urea groups is 1. The van der Waals surface area contributed by atoms with E-state index in [0.717, 1.165) is 18.5 Å². The number of benzene rings is 1. The van der Waals surface area contributed by atoms with Crippen LogP contribution in [0.3, 0.4) is 0 Å². The van der Waals surface area contributed by atoms with Crippen molar-refractivity contribution in [1.29, 1.82) is 0 Å². The first-order chi connectivity index (χ1) is 8.42. The topological polar surface area (TPSA) is 41.1 Å². The lowest BCUT2D eigenvalue weighted by Crippen LogP contribution is -2.35. The summed E-state index contributed by atoms with van der Waals surface area (Å²) >= 11 is 0. The molecule has 1 aromatic carbocycles. The highest BCUT2D eigenvalue weighted by Crippen LogP contribution is 2.17. The third-order valence-corrected chi connectivity index (χ3v) is 2.56. The molecule has 0 aliphatic heterocycles. The largest absolute Gasteiger partial charge is 0.337 e. The van der Waals surface area contributed by atoms with Gasteiger partial charge in [0, 0.05) is 12.2 Å². The lowest BCUT2D eigenvalue weighted by molar-refractivity contribution is 0.247. The van der Waals surface area contributed by atoms with Gasteiger partial charge in [0.1, 0.15) is 0 Å². The first-order valence-corrected chi connectivity index (χ1v) is 6.55. The van der Waals surface area contributed by atoms with Crippen molar-refractivity contribution in [2.45, 2.75) is 40.5 Å². The Morgan fingerprint density at radius 3 is 2.50 bits per heavy atom. The third kappa shape index (κ3) is 5.21. The maximum Gasteiger partial charge on any atom is 0.319 e. The van der Waals surface area contributed by atoms with Crippen molar-refractivity contribution in [3.63, 3.8) is 0 Å². The van der Waals surface area contributed by atoms with Gasteiger partial charge in [-0.2, -0.15) is 0 Å². The highest BCUT2D eigenvalue weighted by Gasteiger charge is 2.12. The van der Waals surface area contributed by atoms with Gasteiger partial charge < -0.3 is 10.6 Å². The second-order valence-corrected chi connectivity index (χ2v) is 5.78. The maximum absolute atomic E-state index is 11.8. The molecule has 0 saturated heterocycles. The second kappa shape index (κ2) is 6.43. The van der Waals surface area contributed by atoms with Crippen molar-refractivity contribution >= 4 is 11.7 Å². The second-order valence-electron chi connectivity index (χ2n) is 5.78. The number of rotatable bonds is 4. The summed E-state index contributed by atoms with van der Waals surface area (Å²) in [6.07, 6.45) is 2.05. The van der Waals surface area contributed by atoms with Gasteiger partial charge in [-0.05, 0) is 23.5 Å². The number of carbonyl (C=O) groups is 1. The molecule has 0 spiro atoms. The molecular formula is C15H24N2O. The van der Waals surface area contributed by atoms with Crippen LogP contribution in [0.2, 0.25) is 0 Å². The smallest absolute Gasteiger partial charge is 0.319 e. The van der Waals surface area contributed by atoms with Gasteiger partial charge in [0.2, 0.25) is 0 Å². The Balaban J connectivity index is 2.59. The van der Waals surface area contributed by atoms with Crippen LogP contribution in [-0.4, -0.2) is 12.6 Å². The first-order valence-electron chi connectivity index (χ1n) is 6.55. The van der Waals surface area contributed by atoms with Gasteiger partial charge in [-0.15, -0.1) is 0 Å². The van der Waals surface area contributed by atoms with E-state index < -0.39 is 0 Å².